The molecule has 25 heavy (non-hydrogen) atoms. The molecule has 1 heterocycles. The minimum absolute atomic E-state index is 0.0120. The van der Waals surface area contributed by atoms with E-state index in [-0.39, 0.29) is 28.9 Å². The Morgan fingerprint density at radius 2 is 1.88 bits per heavy atom. The summed E-state index contributed by atoms with van der Waals surface area (Å²) in [6.07, 6.45) is 0.484. The van der Waals surface area contributed by atoms with Gasteiger partial charge in [-0.1, -0.05) is 38.5 Å². The molecular weight excluding hydrogens is 342 g/mol. The second-order valence-electron chi connectivity index (χ2n) is 7.74. The van der Waals surface area contributed by atoms with Crippen molar-refractivity contribution in [3.8, 4) is 0 Å². The summed E-state index contributed by atoms with van der Waals surface area (Å²) in [6.45, 7) is 8.26. The summed E-state index contributed by atoms with van der Waals surface area (Å²) in [4.78, 5) is 13.1. The van der Waals surface area contributed by atoms with Crippen LogP contribution in [0.5, 0.6) is 0 Å². The summed E-state index contributed by atoms with van der Waals surface area (Å²) in [5, 5.41) is 9.49. The molecule has 1 N–H and O–H groups in total. The summed E-state index contributed by atoms with van der Waals surface area (Å²) in [5.41, 5.74) is 0.664. The van der Waals surface area contributed by atoms with Gasteiger partial charge in [0.1, 0.15) is 0 Å². The Morgan fingerprint density at radius 1 is 1.28 bits per heavy atom. The summed E-state index contributed by atoms with van der Waals surface area (Å²) in [6, 6.07) is 6.21. The molecule has 1 aliphatic heterocycles. The maximum Gasteiger partial charge on any atom is 0.407 e. The van der Waals surface area contributed by atoms with E-state index in [2.05, 4.69) is 0 Å². The number of hydrogen-bond donors (Lipinski definition) is 1. The summed E-state index contributed by atoms with van der Waals surface area (Å²) in [7, 11) is -3.85. The zero-order valence-corrected chi connectivity index (χ0v) is 16.0. The predicted molar refractivity (Wildman–Crippen MR) is 95.0 cm³/mol. The van der Waals surface area contributed by atoms with Crippen molar-refractivity contribution >= 4 is 16.2 Å². The zero-order chi connectivity index (χ0) is 18.8. The third kappa shape index (κ3) is 4.73. The maximum atomic E-state index is 12.4. The normalized spacial score (nSPS) is 22.0. The molecule has 1 aliphatic rings. The number of benzene rings is 1. The Kier molecular flexibility index (Phi) is 5.79. The minimum Gasteiger partial charge on any atom is -0.465 e. The van der Waals surface area contributed by atoms with Gasteiger partial charge in [0.15, 0.2) is 0 Å². The third-order valence-corrected chi connectivity index (χ3v) is 5.93. The van der Waals surface area contributed by atoms with Crippen LogP contribution in [0.4, 0.5) is 4.79 Å². The molecule has 7 heteroatoms. The van der Waals surface area contributed by atoms with Crippen LogP contribution < -0.4 is 0 Å². The summed E-state index contributed by atoms with van der Waals surface area (Å²) >= 11 is 0. The molecule has 2 atom stereocenters. The largest absolute Gasteiger partial charge is 0.465 e. The standard InChI is InChI=1S/C18H27NO5S/c1-13-7-9-15(10-8-13)25(22,23)24-12-14-6-5-11-19(17(20)21)16(14)18(2,3)4/h7-10,14,16H,5-6,11-12H2,1-4H3,(H,20,21). The van der Waals surface area contributed by atoms with Crippen LogP contribution in [0.3, 0.4) is 0 Å². The molecule has 0 aromatic heterocycles. The molecule has 6 nitrogen and oxygen atoms in total. The lowest BCUT2D eigenvalue weighted by Gasteiger charge is -2.46. The number of hydrogen-bond acceptors (Lipinski definition) is 4. The van der Waals surface area contributed by atoms with Crippen molar-refractivity contribution < 1.29 is 22.5 Å². The van der Waals surface area contributed by atoms with Gasteiger partial charge in [0.2, 0.25) is 0 Å². The Morgan fingerprint density at radius 3 is 2.40 bits per heavy atom. The highest BCUT2D eigenvalue weighted by Crippen LogP contribution is 2.36. The van der Waals surface area contributed by atoms with E-state index < -0.39 is 16.2 Å². The number of aryl methyl sites for hydroxylation is 1. The zero-order valence-electron chi connectivity index (χ0n) is 15.2. The first kappa shape index (κ1) is 19.7. The maximum absolute atomic E-state index is 12.4. The molecular formula is C18H27NO5S. The van der Waals surface area contributed by atoms with Crippen LogP contribution in [0.25, 0.3) is 0 Å². The number of nitrogens with zero attached hydrogens (tertiary/aromatic N) is 1. The van der Waals surface area contributed by atoms with E-state index in [0.717, 1.165) is 12.0 Å². The molecule has 2 unspecified atom stereocenters. The molecule has 1 aromatic carbocycles. The van der Waals surface area contributed by atoms with E-state index in [1.54, 1.807) is 12.1 Å². The smallest absolute Gasteiger partial charge is 0.407 e. The van der Waals surface area contributed by atoms with E-state index in [0.29, 0.717) is 13.0 Å². The second-order valence-corrected chi connectivity index (χ2v) is 9.36. The van der Waals surface area contributed by atoms with Crippen LogP contribution in [0, 0.1) is 18.3 Å². The van der Waals surface area contributed by atoms with Gasteiger partial charge in [0.05, 0.1) is 11.5 Å². The first-order chi connectivity index (χ1) is 11.5. The summed E-state index contributed by atoms with van der Waals surface area (Å²) < 4.78 is 30.1. The van der Waals surface area contributed by atoms with Crippen molar-refractivity contribution in [2.75, 3.05) is 13.2 Å². The van der Waals surface area contributed by atoms with Crippen LogP contribution in [-0.4, -0.2) is 43.7 Å². The quantitative estimate of drug-likeness (QED) is 0.821. The molecule has 0 radical (unpaired) electrons. The van der Waals surface area contributed by atoms with Crippen LogP contribution in [-0.2, 0) is 14.3 Å². The van der Waals surface area contributed by atoms with Gasteiger partial charge in [0.25, 0.3) is 10.1 Å². The van der Waals surface area contributed by atoms with Crippen LogP contribution in [0.2, 0.25) is 0 Å². The minimum atomic E-state index is -3.85. The van der Waals surface area contributed by atoms with Gasteiger partial charge in [-0.3, -0.25) is 4.18 Å². The fourth-order valence-corrected chi connectivity index (χ4v) is 4.55. The van der Waals surface area contributed by atoms with Crippen molar-refractivity contribution in [3.05, 3.63) is 29.8 Å². The van der Waals surface area contributed by atoms with Gasteiger partial charge in [-0.25, -0.2) is 4.79 Å². The second kappa shape index (κ2) is 7.33. The van der Waals surface area contributed by atoms with E-state index in [4.69, 9.17) is 4.18 Å². The van der Waals surface area contributed by atoms with Crippen molar-refractivity contribution in [1.82, 2.24) is 4.90 Å². The molecule has 0 spiro atoms. The molecule has 0 bridgehead atoms. The van der Waals surface area contributed by atoms with Gasteiger partial charge >= 0.3 is 6.09 Å². The van der Waals surface area contributed by atoms with E-state index >= 15 is 0 Å². The fourth-order valence-electron chi connectivity index (χ4n) is 3.59. The van der Waals surface area contributed by atoms with Gasteiger partial charge in [-0.2, -0.15) is 8.42 Å². The van der Waals surface area contributed by atoms with Gasteiger partial charge in [0, 0.05) is 18.5 Å². The number of carbonyl (C=O) groups is 1. The van der Waals surface area contributed by atoms with Crippen molar-refractivity contribution in [2.45, 2.75) is 51.5 Å². The lowest BCUT2D eigenvalue weighted by atomic mass is 9.74. The highest BCUT2D eigenvalue weighted by Gasteiger charge is 2.42. The number of rotatable bonds is 4. The molecule has 140 valence electrons. The molecule has 0 saturated carbocycles. The topological polar surface area (TPSA) is 83.9 Å². The summed E-state index contributed by atoms with van der Waals surface area (Å²) in [5.74, 6) is -0.162. The molecule has 0 aliphatic carbocycles. The Labute approximate surface area is 149 Å². The first-order valence-corrected chi connectivity index (χ1v) is 9.89. The first-order valence-electron chi connectivity index (χ1n) is 8.48. The lowest BCUT2D eigenvalue weighted by Crippen LogP contribution is -2.55. The van der Waals surface area contributed by atoms with Crippen molar-refractivity contribution in [3.63, 3.8) is 0 Å². The molecule has 1 fully saturated rings. The molecule has 1 amide bonds. The van der Waals surface area contributed by atoms with Crippen LogP contribution in [0.1, 0.15) is 39.2 Å². The van der Waals surface area contributed by atoms with Gasteiger partial charge in [-0.05, 0) is 37.3 Å². The van der Waals surface area contributed by atoms with Crippen LogP contribution in [0.15, 0.2) is 29.2 Å². The predicted octanol–water partition coefficient (Wildman–Crippen LogP) is 3.51. The van der Waals surface area contributed by atoms with E-state index in [1.807, 2.05) is 27.7 Å². The van der Waals surface area contributed by atoms with E-state index in [1.165, 1.54) is 17.0 Å². The average Bonchev–Trinajstić information content (AvgIpc) is 2.52. The molecule has 1 saturated heterocycles. The third-order valence-electron chi connectivity index (χ3n) is 4.64. The number of piperidine rings is 1. The monoisotopic (exact) mass is 369 g/mol. The Bertz CT molecular complexity index is 706. The highest BCUT2D eigenvalue weighted by molar-refractivity contribution is 7.86. The number of amides is 1. The molecule has 2 rings (SSSR count). The lowest BCUT2D eigenvalue weighted by molar-refractivity contribution is 0.00772. The Hall–Kier alpha value is -1.60. The fraction of sp³-hybridized carbons (Fsp3) is 0.611. The Balaban J connectivity index is 2.16. The number of likely N-dealkylation sites (tertiary alicyclic amines) is 1. The highest BCUT2D eigenvalue weighted by atomic mass is 32.2. The number of carboxylic acid groups (broad SMARTS) is 1. The van der Waals surface area contributed by atoms with Crippen molar-refractivity contribution in [1.29, 1.82) is 0 Å². The molecule has 1 aromatic rings. The van der Waals surface area contributed by atoms with E-state index in [9.17, 15) is 18.3 Å². The van der Waals surface area contributed by atoms with Gasteiger partial charge in [-0.15, -0.1) is 0 Å². The van der Waals surface area contributed by atoms with Gasteiger partial charge < -0.3 is 10.0 Å². The van der Waals surface area contributed by atoms with Crippen molar-refractivity contribution in [2.24, 2.45) is 11.3 Å². The van der Waals surface area contributed by atoms with Crippen LogP contribution >= 0.6 is 0 Å². The SMILES string of the molecule is Cc1ccc(S(=O)(=O)OCC2CCCN(C(=O)O)C2C(C)(C)C)cc1. The average molecular weight is 369 g/mol.